The van der Waals surface area contributed by atoms with Crippen molar-refractivity contribution < 1.29 is 9.50 Å². The number of thiazole rings is 1. The maximum Gasteiger partial charge on any atom is 0.191 e. The number of hydrogen-bond donors (Lipinski definition) is 1. The van der Waals surface area contributed by atoms with Crippen LogP contribution in [0, 0.1) is 5.82 Å². The van der Waals surface area contributed by atoms with Crippen molar-refractivity contribution in [1.82, 2.24) is 19.6 Å². The van der Waals surface area contributed by atoms with Crippen LogP contribution >= 0.6 is 27.3 Å². The van der Waals surface area contributed by atoms with Gasteiger partial charge < -0.3 is 10.0 Å². The molecule has 9 heteroatoms. The fourth-order valence-electron chi connectivity index (χ4n) is 3.03. The molecule has 0 aliphatic heterocycles. The fourth-order valence-corrected chi connectivity index (χ4v) is 4.23. The second-order valence-electron chi connectivity index (χ2n) is 6.15. The van der Waals surface area contributed by atoms with Crippen molar-refractivity contribution in [2.45, 2.75) is 20.0 Å². The van der Waals surface area contributed by atoms with Crippen LogP contribution in [-0.2, 0) is 13.0 Å². The zero-order valence-corrected chi connectivity index (χ0v) is 17.6. The molecule has 0 aliphatic carbocycles. The second-order valence-corrected chi connectivity index (χ2v) is 8.03. The molecule has 0 atom stereocenters. The summed E-state index contributed by atoms with van der Waals surface area (Å²) < 4.78 is 15.8. The summed E-state index contributed by atoms with van der Waals surface area (Å²) >= 11 is 4.80. The van der Waals surface area contributed by atoms with Gasteiger partial charge in [0.15, 0.2) is 16.6 Å². The van der Waals surface area contributed by atoms with Gasteiger partial charge >= 0.3 is 0 Å². The van der Waals surface area contributed by atoms with Gasteiger partial charge in [0, 0.05) is 12.6 Å². The summed E-state index contributed by atoms with van der Waals surface area (Å²) in [4.78, 5) is 12.0. The van der Waals surface area contributed by atoms with E-state index in [9.17, 15) is 9.50 Å². The van der Waals surface area contributed by atoms with Crippen molar-refractivity contribution in [2.24, 2.45) is 0 Å². The van der Waals surface area contributed by atoms with Crippen molar-refractivity contribution in [2.75, 3.05) is 11.9 Å². The predicted octanol–water partition coefficient (Wildman–Crippen LogP) is 4.58. The number of aromatic nitrogens is 4. The Morgan fingerprint density at radius 3 is 2.61 bits per heavy atom. The second kappa shape index (κ2) is 7.57. The number of imidazole rings is 1. The molecule has 0 bridgehead atoms. The summed E-state index contributed by atoms with van der Waals surface area (Å²) in [5.74, 6) is 0.513. The van der Waals surface area contributed by atoms with Gasteiger partial charge in [0.05, 0.1) is 22.9 Å². The molecule has 0 saturated carbocycles. The van der Waals surface area contributed by atoms with E-state index in [0.29, 0.717) is 15.4 Å². The number of fused-ring (bicyclic) bond motifs is 1. The van der Waals surface area contributed by atoms with Crippen LogP contribution < -0.4 is 4.90 Å². The Morgan fingerprint density at radius 2 is 1.93 bits per heavy atom. The average Bonchev–Trinajstić information content (AvgIpc) is 3.29. The molecular formula is C19H17BrFN5OS. The zero-order valence-electron chi connectivity index (χ0n) is 15.2. The van der Waals surface area contributed by atoms with Gasteiger partial charge in [0.2, 0.25) is 0 Å². The van der Waals surface area contributed by atoms with Crippen molar-refractivity contribution in [1.29, 1.82) is 0 Å². The first-order valence-electron chi connectivity index (χ1n) is 8.66. The molecule has 1 aromatic carbocycles. The molecule has 0 aliphatic rings. The third-order valence-corrected chi connectivity index (χ3v) is 5.92. The molecule has 0 amide bonds. The zero-order chi connectivity index (χ0) is 19.8. The van der Waals surface area contributed by atoms with Crippen molar-refractivity contribution in [3.8, 4) is 11.3 Å². The lowest BCUT2D eigenvalue weighted by molar-refractivity contribution is 0.286. The Morgan fingerprint density at radius 1 is 1.18 bits per heavy atom. The summed E-state index contributed by atoms with van der Waals surface area (Å²) in [6.45, 7) is 1.90. The fraction of sp³-hybridized carbons (Fsp3) is 0.211. The first-order valence-corrected chi connectivity index (χ1v) is 10.3. The quantitative estimate of drug-likeness (QED) is 0.471. The van der Waals surface area contributed by atoms with Crippen molar-refractivity contribution in [3.63, 3.8) is 0 Å². The van der Waals surface area contributed by atoms with E-state index in [2.05, 4.69) is 26.0 Å². The van der Waals surface area contributed by atoms with Crippen molar-refractivity contribution >= 4 is 43.9 Å². The third-order valence-electron chi connectivity index (χ3n) is 4.38. The van der Waals surface area contributed by atoms with Crippen LogP contribution in [0.5, 0.6) is 0 Å². The van der Waals surface area contributed by atoms with Crippen LogP contribution in [0.25, 0.3) is 16.9 Å². The van der Waals surface area contributed by atoms with Gasteiger partial charge in [0.25, 0.3) is 0 Å². The van der Waals surface area contributed by atoms with Gasteiger partial charge in [-0.3, -0.25) is 0 Å². The highest BCUT2D eigenvalue weighted by Crippen LogP contribution is 2.37. The first-order chi connectivity index (χ1) is 13.5. The van der Waals surface area contributed by atoms with E-state index in [1.54, 1.807) is 16.6 Å². The Balaban J connectivity index is 1.83. The Hall–Kier alpha value is -2.36. The molecule has 0 fully saturated rings. The van der Waals surface area contributed by atoms with Crippen LogP contribution in [0.3, 0.4) is 0 Å². The molecule has 3 heterocycles. The monoisotopic (exact) mass is 461 g/mol. The SMILES string of the molecule is CCc1nc2ccc(Br)nn2c1N(C)c1nc(-c2ccc(F)cc2)c(CO)s1. The number of nitrogens with zero attached hydrogens (tertiary/aromatic N) is 5. The predicted molar refractivity (Wildman–Crippen MR) is 112 cm³/mol. The summed E-state index contributed by atoms with van der Waals surface area (Å²) in [5, 5.41) is 15.0. The van der Waals surface area contributed by atoms with Gasteiger partial charge in [-0.15, -0.1) is 0 Å². The summed E-state index contributed by atoms with van der Waals surface area (Å²) in [6.07, 6.45) is 0.740. The number of aryl methyl sites for hydroxylation is 1. The minimum Gasteiger partial charge on any atom is -0.391 e. The Bertz CT molecular complexity index is 1140. The maximum atomic E-state index is 13.3. The molecule has 0 saturated heterocycles. The summed E-state index contributed by atoms with van der Waals surface area (Å²) in [7, 11) is 1.90. The minimum absolute atomic E-state index is 0.143. The Kier molecular flexibility index (Phi) is 5.13. The number of rotatable bonds is 5. The average molecular weight is 462 g/mol. The molecule has 0 radical (unpaired) electrons. The van der Waals surface area contributed by atoms with E-state index in [4.69, 9.17) is 4.98 Å². The number of halogens is 2. The lowest BCUT2D eigenvalue weighted by atomic mass is 10.1. The highest BCUT2D eigenvalue weighted by molar-refractivity contribution is 9.10. The van der Waals surface area contributed by atoms with E-state index in [1.807, 2.05) is 31.0 Å². The molecule has 144 valence electrons. The minimum atomic E-state index is -0.308. The molecule has 3 aromatic heterocycles. The maximum absolute atomic E-state index is 13.3. The molecule has 4 rings (SSSR count). The molecule has 6 nitrogen and oxygen atoms in total. The number of aliphatic hydroxyl groups is 1. The number of benzene rings is 1. The molecule has 1 N–H and O–H groups in total. The standard InChI is InChI=1S/C19H17BrFN5OS/c1-3-13-18(26-16(22-13)9-8-15(20)24-26)25(2)19-23-17(14(10-27)28-19)11-4-6-12(21)7-5-11/h4-9,27H,3,10H2,1-2H3. The van der Waals surface area contributed by atoms with Gasteiger partial charge in [0.1, 0.15) is 10.4 Å². The first kappa shape index (κ1) is 19.0. The highest BCUT2D eigenvalue weighted by Gasteiger charge is 2.22. The van der Waals surface area contributed by atoms with Gasteiger partial charge in [-0.2, -0.15) is 9.61 Å². The molecule has 28 heavy (non-hydrogen) atoms. The lowest BCUT2D eigenvalue weighted by Crippen LogP contribution is -2.14. The van der Waals surface area contributed by atoms with Crippen LogP contribution in [0.4, 0.5) is 15.3 Å². The van der Waals surface area contributed by atoms with Crippen LogP contribution in [0.15, 0.2) is 41.0 Å². The van der Waals surface area contributed by atoms with Gasteiger partial charge in [-0.05, 0) is 58.7 Å². The Labute approximate surface area is 173 Å². The molecule has 4 aromatic rings. The van der Waals surface area contributed by atoms with E-state index in [0.717, 1.165) is 34.0 Å². The van der Waals surface area contributed by atoms with Crippen molar-refractivity contribution in [3.05, 3.63) is 57.4 Å². The smallest absolute Gasteiger partial charge is 0.191 e. The summed E-state index contributed by atoms with van der Waals surface area (Å²) in [5.41, 5.74) is 3.06. The lowest BCUT2D eigenvalue weighted by Gasteiger charge is -2.16. The molecule has 0 unspecified atom stereocenters. The van der Waals surface area contributed by atoms with E-state index in [-0.39, 0.29) is 12.4 Å². The van der Waals surface area contributed by atoms with Gasteiger partial charge in [-0.1, -0.05) is 18.3 Å². The number of anilines is 2. The van der Waals surface area contributed by atoms with Gasteiger partial charge in [-0.25, -0.2) is 14.4 Å². The number of aliphatic hydroxyl groups excluding tert-OH is 1. The van der Waals surface area contributed by atoms with E-state index < -0.39 is 0 Å². The normalized spacial score (nSPS) is 11.3. The topological polar surface area (TPSA) is 66.5 Å². The highest BCUT2D eigenvalue weighted by atomic mass is 79.9. The van der Waals surface area contributed by atoms with Crippen LogP contribution in [0.1, 0.15) is 17.5 Å². The molecular weight excluding hydrogens is 445 g/mol. The third kappa shape index (κ3) is 3.30. The van der Waals surface area contributed by atoms with E-state index >= 15 is 0 Å². The van der Waals surface area contributed by atoms with Crippen LogP contribution in [0.2, 0.25) is 0 Å². The van der Waals surface area contributed by atoms with Crippen LogP contribution in [-0.4, -0.2) is 31.7 Å². The largest absolute Gasteiger partial charge is 0.391 e. The van der Waals surface area contributed by atoms with E-state index in [1.165, 1.54) is 23.5 Å². The summed E-state index contributed by atoms with van der Waals surface area (Å²) in [6, 6.07) is 9.86. The number of hydrogen-bond acceptors (Lipinski definition) is 6. The molecule has 0 spiro atoms.